The summed E-state index contributed by atoms with van der Waals surface area (Å²) in [6, 6.07) is 16.2. The van der Waals surface area contributed by atoms with Crippen molar-refractivity contribution in [1.82, 2.24) is 4.90 Å². The predicted molar refractivity (Wildman–Crippen MR) is 118 cm³/mol. The predicted octanol–water partition coefficient (Wildman–Crippen LogP) is 3.67. The van der Waals surface area contributed by atoms with Crippen LogP contribution in [0.15, 0.2) is 71.4 Å². The van der Waals surface area contributed by atoms with Gasteiger partial charge in [0.1, 0.15) is 5.75 Å². The molecule has 0 bridgehead atoms. The van der Waals surface area contributed by atoms with Crippen LogP contribution in [0.3, 0.4) is 0 Å². The average Bonchev–Trinajstić information content (AvgIpc) is 3.07. The van der Waals surface area contributed by atoms with E-state index < -0.39 is 11.9 Å². The third-order valence-electron chi connectivity index (χ3n) is 5.28. The molecule has 0 aromatic heterocycles. The average molecular weight is 435 g/mol. The Bertz CT molecular complexity index is 1070. The van der Waals surface area contributed by atoms with Crippen LogP contribution in [0.2, 0.25) is 0 Å². The fraction of sp³-hybridized carbons (Fsp3) is 0.240. The van der Waals surface area contributed by atoms with Crippen molar-refractivity contribution < 1.29 is 28.6 Å². The summed E-state index contributed by atoms with van der Waals surface area (Å²) in [7, 11) is 2.58. The van der Waals surface area contributed by atoms with Gasteiger partial charge in [0.2, 0.25) is 0 Å². The Morgan fingerprint density at radius 2 is 1.66 bits per heavy atom. The van der Waals surface area contributed by atoms with Crippen LogP contribution in [0.1, 0.15) is 31.0 Å². The molecule has 1 aliphatic heterocycles. The zero-order chi connectivity index (χ0) is 23.3. The molecular weight excluding hydrogens is 410 g/mol. The minimum atomic E-state index is -0.567. The molecule has 3 rings (SSSR count). The molecule has 1 aliphatic rings. The summed E-state index contributed by atoms with van der Waals surface area (Å²) in [5.74, 6) is -0.841. The van der Waals surface area contributed by atoms with E-state index in [1.165, 1.54) is 14.2 Å². The number of rotatable bonds is 7. The van der Waals surface area contributed by atoms with Gasteiger partial charge in [0, 0.05) is 5.70 Å². The Labute approximate surface area is 186 Å². The molecule has 0 fully saturated rings. The SMILES string of the molecule is COC(=O)COc1ccc(/C=C2\C(=O)N([C@H](C)c3ccccc3)C(C)=C2C(=O)OC)cc1. The van der Waals surface area contributed by atoms with Crippen LogP contribution in [0, 0.1) is 0 Å². The van der Waals surface area contributed by atoms with E-state index >= 15 is 0 Å². The number of allylic oxidation sites excluding steroid dienone is 1. The Hall–Kier alpha value is -3.87. The molecule has 166 valence electrons. The van der Waals surface area contributed by atoms with E-state index in [1.54, 1.807) is 42.2 Å². The minimum Gasteiger partial charge on any atom is -0.482 e. The van der Waals surface area contributed by atoms with E-state index in [1.807, 2.05) is 37.3 Å². The van der Waals surface area contributed by atoms with E-state index in [4.69, 9.17) is 9.47 Å². The quantitative estimate of drug-likeness (QED) is 0.488. The van der Waals surface area contributed by atoms with Crippen LogP contribution >= 0.6 is 0 Å². The van der Waals surface area contributed by atoms with E-state index in [0.29, 0.717) is 17.0 Å². The van der Waals surface area contributed by atoms with Gasteiger partial charge in [-0.3, -0.25) is 4.79 Å². The van der Waals surface area contributed by atoms with Gasteiger partial charge in [-0.05, 0) is 43.2 Å². The highest BCUT2D eigenvalue weighted by Gasteiger charge is 2.39. The smallest absolute Gasteiger partial charge is 0.343 e. The summed E-state index contributed by atoms with van der Waals surface area (Å²) in [6.07, 6.45) is 1.65. The number of hydrogen-bond donors (Lipinski definition) is 0. The Morgan fingerprint density at radius 1 is 1.00 bits per heavy atom. The third-order valence-corrected chi connectivity index (χ3v) is 5.28. The molecule has 0 N–H and O–H groups in total. The molecule has 0 radical (unpaired) electrons. The lowest BCUT2D eigenvalue weighted by molar-refractivity contribution is -0.143. The van der Waals surface area contributed by atoms with Crippen LogP contribution < -0.4 is 4.74 Å². The van der Waals surface area contributed by atoms with Crippen LogP contribution in [-0.4, -0.2) is 43.6 Å². The molecule has 2 aromatic rings. The zero-order valence-corrected chi connectivity index (χ0v) is 18.5. The Balaban J connectivity index is 1.92. The molecule has 0 spiro atoms. The first-order valence-electron chi connectivity index (χ1n) is 10.1. The van der Waals surface area contributed by atoms with Gasteiger partial charge < -0.3 is 19.1 Å². The summed E-state index contributed by atoms with van der Waals surface area (Å²) in [4.78, 5) is 38.7. The van der Waals surface area contributed by atoms with Gasteiger partial charge in [0.05, 0.1) is 31.4 Å². The first kappa shape index (κ1) is 22.8. The summed E-state index contributed by atoms with van der Waals surface area (Å²) in [5.41, 5.74) is 2.70. The maximum Gasteiger partial charge on any atom is 0.343 e. The maximum atomic E-state index is 13.4. The number of benzene rings is 2. The molecule has 1 amide bonds. The summed E-state index contributed by atoms with van der Waals surface area (Å²) < 4.78 is 14.8. The van der Waals surface area contributed by atoms with Crippen LogP contribution in [0.5, 0.6) is 5.75 Å². The van der Waals surface area contributed by atoms with Crippen molar-refractivity contribution in [2.75, 3.05) is 20.8 Å². The highest BCUT2D eigenvalue weighted by atomic mass is 16.6. The zero-order valence-electron chi connectivity index (χ0n) is 18.5. The fourth-order valence-corrected chi connectivity index (χ4v) is 3.57. The molecule has 32 heavy (non-hydrogen) atoms. The van der Waals surface area contributed by atoms with Gasteiger partial charge in [0.15, 0.2) is 6.61 Å². The van der Waals surface area contributed by atoms with E-state index in [2.05, 4.69) is 4.74 Å². The molecule has 0 unspecified atom stereocenters. The lowest BCUT2D eigenvalue weighted by Crippen LogP contribution is -2.28. The van der Waals surface area contributed by atoms with Crippen molar-refractivity contribution in [3.05, 3.63) is 82.6 Å². The van der Waals surface area contributed by atoms with Crippen molar-refractivity contribution in [1.29, 1.82) is 0 Å². The molecule has 7 nitrogen and oxygen atoms in total. The standard InChI is InChI=1S/C25H25NO6/c1-16(19-8-6-5-7-9-19)26-17(2)23(25(29)31-4)21(24(26)28)14-18-10-12-20(13-11-18)32-15-22(27)30-3/h5-14,16H,15H2,1-4H3/b21-14-/t16-/m1/s1. The Kier molecular flexibility index (Phi) is 7.10. The van der Waals surface area contributed by atoms with Gasteiger partial charge in [-0.1, -0.05) is 42.5 Å². The molecular formula is C25H25NO6. The molecule has 2 aromatic carbocycles. The second-order valence-corrected chi connectivity index (χ2v) is 7.21. The summed E-state index contributed by atoms with van der Waals surface area (Å²) in [6.45, 7) is 3.46. The van der Waals surface area contributed by atoms with E-state index in [-0.39, 0.29) is 29.7 Å². The van der Waals surface area contributed by atoms with Crippen molar-refractivity contribution >= 4 is 23.9 Å². The fourth-order valence-electron chi connectivity index (χ4n) is 3.57. The number of amides is 1. The van der Waals surface area contributed by atoms with Gasteiger partial charge in [0.25, 0.3) is 5.91 Å². The highest BCUT2D eigenvalue weighted by Crippen LogP contribution is 2.37. The molecule has 0 aliphatic carbocycles. The van der Waals surface area contributed by atoms with E-state index in [9.17, 15) is 14.4 Å². The summed E-state index contributed by atoms with van der Waals surface area (Å²) >= 11 is 0. The number of methoxy groups -OCH3 is 2. The third kappa shape index (κ3) is 4.72. The maximum absolute atomic E-state index is 13.4. The van der Waals surface area contributed by atoms with Crippen molar-refractivity contribution in [3.63, 3.8) is 0 Å². The Morgan fingerprint density at radius 3 is 2.25 bits per heavy atom. The van der Waals surface area contributed by atoms with Crippen molar-refractivity contribution in [2.45, 2.75) is 19.9 Å². The van der Waals surface area contributed by atoms with Crippen molar-refractivity contribution in [2.24, 2.45) is 0 Å². The number of carbonyl (C=O) groups is 3. The second-order valence-electron chi connectivity index (χ2n) is 7.21. The van der Waals surface area contributed by atoms with Crippen LogP contribution in [-0.2, 0) is 23.9 Å². The largest absolute Gasteiger partial charge is 0.482 e. The van der Waals surface area contributed by atoms with Gasteiger partial charge in [-0.25, -0.2) is 9.59 Å². The monoisotopic (exact) mass is 435 g/mol. The second kappa shape index (κ2) is 9.96. The van der Waals surface area contributed by atoms with Crippen molar-refractivity contribution in [3.8, 4) is 5.75 Å². The number of esters is 2. The van der Waals surface area contributed by atoms with E-state index in [0.717, 1.165) is 5.56 Å². The number of carbonyl (C=O) groups excluding carboxylic acids is 3. The van der Waals surface area contributed by atoms with Crippen LogP contribution in [0.4, 0.5) is 0 Å². The molecule has 1 atom stereocenters. The lowest BCUT2D eigenvalue weighted by atomic mass is 10.0. The lowest BCUT2D eigenvalue weighted by Gasteiger charge is -2.26. The van der Waals surface area contributed by atoms with Crippen LogP contribution in [0.25, 0.3) is 6.08 Å². The number of ether oxygens (including phenoxy) is 3. The topological polar surface area (TPSA) is 82.1 Å². The first-order chi connectivity index (χ1) is 15.4. The normalized spacial score (nSPS) is 15.7. The number of hydrogen-bond acceptors (Lipinski definition) is 6. The van der Waals surface area contributed by atoms with Gasteiger partial charge in [-0.2, -0.15) is 0 Å². The minimum absolute atomic E-state index is 0.198. The van der Waals surface area contributed by atoms with Gasteiger partial charge >= 0.3 is 11.9 Å². The van der Waals surface area contributed by atoms with Gasteiger partial charge in [-0.15, -0.1) is 0 Å². The molecule has 0 saturated heterocycles. The molecule has 0 saturated carbocycles. The molecule has 1 heterocycles. The first-order valence-corrected chi connectivity index (χ1v) is 10.1. The summed E-state index contributed by atoms with van der Waals surface area (Å²) in [5, 5.41) is 0. The molecule has 7 heteroatoms. The highest BCUT2D eigenvalue weighted by molar-refractivity contribution is 6.16. The number of nitrogens with zero attached hydrogens (tertiary/aromatic N) is 1.